The summed E-state index contributed by atoms with van der Waals surface area (Å²) in [6.07, 6.45) is 30.7. The summed E-state index contributed by atoms with van der Waals surface area (Å²) in [4.78, 5) is 49.1. The first kappa shape index (κ1) is 113. The molecular weight excluding hydrogens is 1910 g/mol. The molecule has 0 aliphatic heterocycles. The molecule has 18 unspecified atom stereocenters. The van der Waals surface area contributed by atoms with E-state index in [9.17, 15) is 19.2 Å². The van der Waals surface area contributed by atoms with Gasteiger partial charge in [0.1, 0.15) is 11.6 Å². The standard InChI is InChI=1S/C36H55BN2O2.C35H63BN2O2.C2H5.CH3.2Mn.S2.H2S.2Sn.2W.Zn.5H/c1-5-9-31-25-35(37)34(31)24-30(18-20-38-4)19-21-39-36(41)17-15-28(13-12-27(3)40)14-16-33-26(2)22-32(33)23-29-10-7-6-8-11-29;1-8-11-30-25(5)26(6)31(30)17-15-27(14-13-24(4)39)16-18-34(40)38-22-20-28(19-21-37-7)23-33-29(10-3)32(12-9-2)35(33)36;1-2;;;;1-2;;;;;;;;;;;/h6-8,10-11,22,25-26,28,30-35,38H,1-2,5,9,12-21,23-24H2,3-4H3,(H,39,41);25-33,35,37H,3,5,8-23H2,1-2,4,6-7H3,(H,38,40);1H2,2H3;1H3;;;;1H2;;;;;;;;;;/q-4;-2;2*-1;;+2;;;;-1;;2*+2;;;;;. The second-order valence-electron chi connectivity index (χ2n) is 26.6. The molecular formula is C74H133B2Mn2N4O4S3Sn2W2Zn-3. The van der Waals surface area contributed by atoms with Crippen molar-refractivity contribution in [2.45, 2.75) is 220 Å². The Morgan fingerprint density at radius 2 is 1.04 bits per heavy atom. The predicted molar refractivity (Wildman–Crippen MR) is 404 cm³/mol. The SMILES string of the molecule is S.S=S.[B]C1C(CCC)C(C[CH2-])C1CC(CCNC)CCNC(=O)CCC(CCC(C)=O)CCC1C(C)C([CH2-])C1CCC.[B]C1[CH-]C(CC[CH2-])C1CC(CCNC)CCNC(=O)CCC(CCC(C)=O)CCC1C([CH2-])[CH-]C1Cc1ccccc1.[CH2-]C.[CH3-].[Mn+2].[Mn].[SnH2].[SnH3-].[W+2].[W].[Zn+2]. The van der Waals surface area contributed by atoms with Crippen molar-refractivity contribution >= 4 is 123 Å². The molecule has 2 amide bonds. The molecule has 0 spiro atoms. The average Bonchev–Trinajstić information content (AvgIpc) is 0.802. The number of amides is 2. The molecule has 5 rings (SSSR count). The van der Waals surface area contributed by atoms with Crippen LogP contribution in [-0.2, 0) is 144 Å². The molecule has 20 heteroatoms. The van der Waals surface area contributed by atoms with E-state index in [1.165, 1.54) is 37.7 Å². The molecule has 1 aromatic carbocycles. The number of benzene rings is 1. The molecule has 8 nitrogen and oxygen atoms in total. The Labute approximate surface area is 696 Å². The molecule has 4 fully saturated rings. The smallest absolute Gasteiger partial charge is 0 e. The van der Waals surface area contributed by atoms with Gasteiger partial charge in [-0.15, -0.1) is 12.3 Å². The Morgan fingerprint density at radius 3 is 1.46 bits per heavy atom. The summed E-state index contributed by atoms with van der Waals surface area (Å²) in [6.45, 7) is 35.7. The molecule has 18 atom stereocenters. The quantitative estimate of drug-likeness (QED) is 0.0377. The first-order valence-electron chi connectivity index (χ1n) is 34.2. The van der Waals surface area contributed by atoms with Crippen LogP contribution in [0.15, 0.2) is 30.3 Å². The minimum absolute atomic E-state index is 0. The Balaban J connectivity index is -0.000000228. The first-order chi connectivity index (χ1) is 41.0. The van der Waals surface area contributed by atoms with Crippen LogP contribution >= 0.6 is 13.5 Å². The molecule has 0 saturated heterocycles. The van der Waals surface area contributed by atoms with E-state index in [1.54, 1.807) is 20.8 Å². The number of carbonyl (C=O) groups is 4. The second kappa shape index (κ2) is 67.8. The fourth-order valence-corrected chi connectivity index (χ4v) is 15.4. The molecule has 94 heavy (non-hydrogen) atoms. The Kier molecular flexibility index (Phi) is 81.4. The molecule has 0 bridgehead atoms. The van der Waals surface area contributed by atoms with Crippen LogP contribution in [0.3, 0.4) is 0 Å². The van der Waals surface area contributed by atoms with Crippen molar-refractivity contribution in [3.8, 4) is 0 Å². The second-order valence-corrected chi connectivity index (χ2v) is 26.6. The van der Waals surface area contributed by atoms with Crippen LogP contribution in [0.5, 0.6) is 0 Å². The van der Waals surface area contributed by atoms with Crippen LogP contribution in [0.4, 0.5) is 0 Å². The largest absolute Gasteiger partial charge is 2.00 e. The zero-order valence-electron chi connectivity index (χ0n) is 60.8. The number of Topliss-reactive ketones (excluding diaryl/α,β-unsaturated/α-hetero) is 2. The number of ketones is 2. The van der Waals surface area contributed by atoms with Gasteiger partial charge >= 0.3 is 105 Å². The first-order valence-corrected chi connectivity index (χ1v) is 35.5. The third-order valence-corrected chi connectivity index (χ3v) is 20.8. The van der Waals surface area contributed by atoms with Crippen LogP contribution in [0.2, 0.25) is 11.6 Å². The zero-order chi connectivity index (χ0) is 63.3. The van der Waals surface area contributed by atoms with Crippen LogP contribution in [0, 0.1) is 150 Å². The number of hydrogen-bond donors (Lipinski definition) is 4. The van der Waals surface area contributed by atoms with E-state index in [0.717, 1.165) is 147 Å². The van der Waals surface area contributed by atoms with Crippen molar-refractivity contribution in [3.63, 3.8) is 0 Å². The van der Waals surface area contributed by atoms with Crippen LogP contribution in [0.1, 0.15) is 208 Å². The summed E-state index contributed by atoms with van der Waals surface area (Å²) >= 11 is 7.33. The molecule has 1 aromatic rings. The summed E-state index contributed by atoms with van der Waals surface area (Å²) in [7, 11) is 17.0. The van der Waals surface area contributed by atoms with E-state index in [4.69, 9.17) is 15.7 Å². The molecule has 4 aliphatic rings. The monoisotopic (exact) mass is 2040 g/mol. The van der Waals surface area contributed by atoms with Gasteiger partial charge in [-0.25, -0.2) is 5.82 Å². The van der Waals surface area contributed by atoms with Crippen LogP contribution in [-0.4, -0.2) is 127 Å². The molecule has 536 valence electrons. The Hall–Kier alpha value is 2.98. The van der Waals surface area contributed by atoms with Crippen LogP contribution < -0.4 is 21.3 Å². The maximum Gasteiger partial charge on any atom is 2.00 e. The maximum absolute atomic E-state index is 12.8. The van der Waals surface area contributed by atoms with Gasteiger partial charge in [0.05, 0.1) is 7.85 Å². The molecule has 0 aromatic heterocycles. The summed E-state index contributed by atoms with van der Waals surface area (Å²) in [5.74, 6) is 10.7. The van der Waals surface area contributed by atoms with E-state index in [-0.39, 0.29) is 194 Å². The van der Waals surface area contributed by atoms with Gasteiger partial charge in [0, 0.05) is 107 Å². The molecule has 8 radical (unpaired) electrons. The van der Waals surface area contributed by atoms with E-state index in [0.29, 0.717) is 114 Å². The summed E-state index contributed by atoms with van der Waals surface area (Å²) in [6, 6.07) is 10.7. The molecule has 4 aliphatic carbocycles. The average molecular weight is 2040 g/mol. The van der Waals surface area contributed by atoms with E-state index < -0.39 is 0 Å². The normalized spacial score (nSPS) is 25.1. The van der Waals surface area contributed by atoms with Crippen molar-refractivity contribution in [1.82, 2.24) is 21.3 Å². The van der Waals surface area contributed by atoms with Crippen molar-refractivity contribution in [3.05, 3.63) is 90.8 Å². The van der Waals surface area contributed by atoms with Crippen molar-refractivity contribution in [1.29, 1.82) is 0 Å². The Bertz CT molecular complexity index is 1970. The molecule has 4 N–H and O–H groups in total. The third-order valence-electron chi connectivity index (χ3n) is 20.8. The van der Waals surface area contributed by atoms with Crippen molar-refractivity contribution < 1.29 is 115 Å². The number of nitrogens with one attached hydrogen (secondary N) is 4. The fraction of sp³-hybridized carbons (Fsp3) is 0.757. The minimum Gasteiger partial charge on any atom is 0 e. The van der Waals surface area contributed by atoms with Gasteiger partial charge in [0.2, 0.25) is 11.8 Å². The van der Waals surface area contributed by atoms with Gasteiger partial charge in [-0.05, 0) is 147 Å². The van der Waals surface area contributed by atoms with Gasteiger partial charge in [-0.3, -0.25) is 9.59 Å². The Morgan fingerprint density at radius 1 is 0.606 bits per heavy atom. The number of carbonyl (C=O) groups excluding carboxylic acids is 4. The van der Waals surface area contributed by atoms with Crippen molar-refractivity contribution in [2.75, 3.05) is 40.3 Å². The van der Waals surface area contributed by atoms with Gasteiger partial charge in [0.15, 0.2) is 0 Å². The topological polar surface area (TPSA) is 116 Å². The summed E-state index contributed by atoms with van der Waals surface area (Å²) in [5, 5.41) is 13.0. The van der Waals surface area contributed by atoms with Gasteiger partial charge < -0.3 is 91.7 Å². The van der Waals surface area contributed by atoms with Crippen LogP contribution in [0.25, 0.3) is 0 Å². The van der Waals surface area contributed by atoms with Crippen molar-refractivity contribution in [2.24, 2.45) is 94.7 Å². The minimum atomic E-state index is 0. The van der Waals surface area contributed by atoms with E-state index in [2.05, 4.69) is 142 Å². The van der Waals surface area contributed by atoms with Gasteiger partial charge in [-0.2, -0.15) is 51.0 Å². The number of rotatable bonds is 43. The fourth-order valence-electron chi connectivity index (χ4n) is 15.4. The summed E-state index contributed by atoms with van der Waals surface area (Å²) in [5.41, 5.74) is 1.38. The maximum atomic E-state index is 12.8. The zero-order valence-corrected chi connectivity index (χ0v) is 84.3. The number of hydrogen-bond acceptors (Lipinski definition) is 8. The predicted octanol–water partition coefficient (Wildman–Crippen LogP) is 13.7. The van der Waals surface area contributed by atoms with Gasteiger partial charge in [-0.1, -0.05) is 144 Å². The molecule has 0 heterocycles. The summed E-state index contributed by atoms with van der Waals surface area (Å²) < 4.78 is 0. The van der Waals surface area contributed by atoms with E-state index in [1.807, 2.05) is 14.1 Å². The third kappa shape index (κ3) is 42.8. The molecule has 4 saturated carbocycles. The van der Waals surface area contributed by atoms with E-state index >= 15 is 0 Å². The van der Waals surface area contributed by atoms with Gasteiger partial charge in [0.25, 0.3) is 0 Å².